The average molecular weight is 442 g/mol. The van der Waals surface area contributed by atoms with Crippen molar-refractivity contribution >= 4 is 11.5 Å². The summed E-state index contributed by atoms with van der Waals surface area (Å²) in [5.41, 5.74) is 3.17. The second-order valence-electron chi connectivity index (χ2n) is 10.5. The van der Waals surface area contributed by atoms with Gasteiger partial charge in [0.05, 0.1) is 12.7 Å². The Morgan fingerprint density at radius 3 is 2.38 bits per heavy atom. The van der Waals surface area contributed by atoms with Gasteiger partial charge in [-0.15, -0.1) is 0 Å². The van der Waals surface area contributed by atoms with E-state index in [0.29, 0.717) is 24.5 Å². The summed E-state index contributed by atoms with van der Waals surface area (Å²) in [4.78, 5) is 13.9. The smallest absolute Gasteiger partial charge is 0.305 e. The summed E-state index contributed by atoms with van der Waals surface area (Å²) in [6, 6.07) is 8.73. The van der Waals surface area contributed by atoms with Crippen LogP contribution in [0.4, 0.5) is 0 Å². The Balaban J connectivity index is 1.39. The number of benzene rings is 1. The lowest BCUT2D eigenvalue weighted by atomic mass is 9.72. The van der Waals surface area contributed by atoms with Crippen molar-refractivity contribution in [3.63, 3.8) is 0 Å². The Morgan fingerprint density at radius 2 is 1.78 bits per heavy atom. The summed E-state index contributed by atoms with van der Waals surface area (Å²) in [6.45, 7) is 12.5. The maximum absolute atomic E-state index is 11.4. The van der Waals surface area contributed by atoms with E-state index in [1.54, 1.807) is 0 Å². The standard InChI is InChI=1S/C28H43NO3/c1-5-31-27(30)8-6-7-19-29-20-17-23(18-21-29)22-9-13-25(14-10-22)32-26-15-11-24(12-16-26)28(2,3)4/h9-10,13-14,17,24,26H,5-8,11-12,15-16,18-21H2,1-4H3. The molecule has 0 spiro atoms. The number of unbranched alkanes of at least 4 members (excludes halogenated alkanes) is 1. The molecule has 0 bridgehead atoms. The third kappa shape index (κ3) is 7.65. The first kappa shape index (κ1) is 24.8. The predicted octanol–water partition coefficient (Wildman–Crippen LogP) is 6.49. The molecule has 1 aromatic carbocycles. The topological polar surface area (TPSA) is 38.8 Å². The molecule has 0 N–H and O–H groups in total. The minimum absolute atomic E-state index is 0.0710. The number of hydrogen-bond donors (Lipinski definition) is 0. The zero-order valence-corrected chi connectivity index (χ0v) is 20.7. The molecule has 0 radical (unpaired) electrons. The molecule has 32 heavy (non-hydrogen) atoms. The number of rotatable bonds is 9. The Bertz CT molecular complexity index is 739. The van der Waals surface area contributed by atoms with Gasteiger partial charge in [-0.3, -0.25) is 9.69 Å². The van der Waals surface area contributed by atoms with Crippen molar-refractivity contribution in [2.45, 2.75) is 85.2 Å². The van der Waals surface area contributed by atoms with Crippen LogP contribution in [0.15, 0.2) is 30.3 Å². The molecule has 178 valence electrons. The van der Waals surface area contributed by atoms with Gasteiger partial charge in [0.15, 0.2) is 0 Å². The minimum Gasteiger partial charge on any atom is -0.490 e. The zero-order valence-electron chi connectivity index (χ0n) is 20.7. The highest BCUT2D eigenvalue weighted by Gasteiger charge is 2.30. The van der Waals surface area contributed by atoms with Crippen LogP contribution in [0.25, 0.3) is 5.57 Å². The molecular formula is C28H43NO3. The van der Waals surface area contributed by atoms with Gasteiger partial charge in [-0.2, -0.15) is 0 Å². The Kier molecular flexibility index (Phi) is 9.22. The predicted molar refractivity (Wildman–Crippen MR) is 132 cm³/mol. The lowest BCUT2D eigenvalue weighted by Gasteiger charge is -2.37. The van der Waals surface area contributed by atoms with Crippen LogP contribution in [0.3, 0.4) is 0 Å². The van der Waals surface area contributed by atoms with E-state index in [1.165, 1.54) is 36.8 Å². The highest BCUT2D eigenvalue weighted by Crippen LogP contribution is 2.38. The Hall–Kier alpha value is -1.81. The average Bonchev–Trinajstić information content (AvgIpc) is 2.78. The summed E-state index contributed by atoms with van der Waals surface area (Å²) in [5, 5.41) is 0. The van der Waals surface area contributed by atoms with Crippen LogP contribution in [-0.4, -0.2) is 43.2 Å². The lowest BCUT2D eigenvalue weighted by molar-refractivity contribution is -0.143. The van der Waals surface area contributed by atoms with Crippen molar-refractivity contribution in [3.8, 4) is 5.75 Å². The number of nitrogens with zero attached hydrogens (tertiary/aromatic N) is 1. The Morgan fingerprint density at radius 1 is 1.06 bits per heavy atom. The van der Waals surface area contributed by atoms with E-state index in [-0.39, 0.29) is 5.97 Å². The number of ether oxygens (including phenoxy) is 2. The molecule has 0 amide bonds. The second kappa shape index (κ2) is 11.9. The van der Waals surface area contributed by atoms with Gasteiger partial charge in [0.1, 0.15) is 5.75 Å². The maximum Gasteiger partial charge on any atom is 0.305 e. The van der Waals surface area contributed by atoms with Crippen LogP contribution in [0.2, 0.25) is 0 Å². The molecular weight excluding hydrogens is 398 g/mol. The van der Waals surface area contributed by atoms with Gasteiger partial charge in [-0.05, 0) is 93.0 Å². The van der Waals surface area contributed by atoms with Crippen LogP contribution >= 0.6 is 0 Å². The van der Waals surface area contributed by atoms with E-state index in [2.05, 4.69) is 56.0 Å². The van der Waals surface area contributed by atoms with Crippen molar-refractivity contribution in [1.29, 1.82) is 0 Å². The molecule has 0 aromatic heterocycles. The van der Waals surface area contributed by atoms with Crippen LogP contribution in [0.5, 0.6) is 5.75 Å². The van der Waals surface area contributed by atoms with Crippen LogP contribution < -0.4 is 4.74 Å². The van der Waals surface area contributed by atoms with E-state index in [9.17, 15) is 4.79 Å². The first-order valence-electron chi connectivity index (χ1n) is 12.7. The van der Waals surface area contributed by atoms with Crippen molar-refractivity contribution in [3.05, 3.63) is 35.9 Å². The maximum atomic E-state index is 11.4. The fraction of sp³-hybridized carbons (Fsp3) is 0.679. The summed E-state index contributed by atoms with van der Waals surface area (Å²) in [6.07, 6.45) is 11.2. The molecule has 1 saturated carbocycles. The minimum atomic E-state index is -0.0710. The third-order valence-corrected chi connectivity index (χ3v) is 7.13. The zero-order chi connectivity index (χ0) is 23.0. The van der Waals surface area contributed by atoms with Crippen molar-refractivity contribution in [2.24, 2.45) is 11.3 Å². The van der Waals surface area contributed by atoms with Gasteiger partial charge >= 0.3 is 5.97 Å². The molecule has 0 saturated heterocycles. The van der Waals surface area contributed by atoms with Crippen LogP contribution in [0.1, 0.15) is 84.6 Å². The number of carbonyl (C=O) groups is 1. The summed E-state index contributed by atoms with van der Waals surface area (Å²) >= 11 is 0. The molecule has 1 aliphatic carbocycles. The molecule has 3 rings (SSSR count). The molecule has 4 nitrogen and oxygen atoms in total. The Labute approximate surface area is 195 Å². The van der Waals surface area contributed by atoms with Gasteiger partial charge in [-0.25, -0.2) is 0 Å². The third-order valence-electron chi connectivity index (χ3n) is 7.13. The van der Waals surface area contributed by atoms with Crippen molar-refractivity contribution in [2.75, 3.05) is 26.2 Å². The van der Waals surface area contributed by atoms with Crippen molar-refractivity contribution < 1.29 is 14.3 Å². The first-order valence-corrected chi connectivity index (χ1v) is 12.7. The van der Waals surface area contributed by atoms with Gasteiger partial charge in [0, 0.05) is 19.5 Å². The van der Waals surface area contributed by atoms with E-state index in [4.69, 9.17) is 9.47 Å². The molecule has 0 atom stereocenters. The van der Waals surface area contributed by atoms with Crippen molar-refractivity contribution in [1.82, 2.24) is 4.90 Å². The highest BCUT2D eigenvalue weighted by molar-refractivity contribution is 5.69. The molecule has 1 fully saturated rings. The molecule has 2 aliphatic rings. The molecule has 1 aromatic rings. The number of hydrogen-bond acceptors (Lipinski definition) is 4. The molecule has 1 aliphatic heterocycles. The van der Waals surface area contributed by atoms with Crippen LogP contribution in [0, 0.1) is 11.3 Å². The molecule has 0 unspecified atom stereocenters. The van der Waals surface area contributed by atoms with E-state index >= 15 is 0 Å². The molecule has 1 heterocycles. The van der Waals surface area contributed by atoms with E-state index in [0.717, 1.165) is 50.6 Å². The summed E-state index contributed by atoms with van der Waals surface area (Å²) < 4.78 is 11.3. The van der Waals surface area contributed by atoms with Crippen LogP contribution in [-0.2, 0) is 9.53 Å². The fourth-order valence-corrected chi connectivity index (χ4v) is 5.00. The normalized spacial score (nSPS) is 22.3. The fourth-order valence-electron chi connectivity index (χ4n) is 5.00. The SMILES string of the molecule is CCOC(=O)CCCCN1CC=C(c2ccc(OC3CCC(C(C)(C)C)CC3)cc2)CC1. The largest absolute Gasteiger partial charge is 0.490 e. The van der Waals surface area contributed by atoms with Gasteiger partial charge in [0.2, 0.25) is 0 Å². The van der Waals surface area contributed by atoms with Gasteiger partial charge in [0.25, 0.3) is 0 Å². The highest BCUT2D eigenvalue weighted by atomic mass is 16.5. The number of carbonyl (C=O) groups excluding carboxylic acids is 1. The van der Waals surface area contributed by atoms with E-state index < -0.39 is 0 Å². The van der Waals surface area contributed by atoms with Gasteiger partial charge < -0.3 is 9.47 Å². The number of esters is 1. The summed E-state index contributed by atoms with van der Waals surface area (Å²) in [7, 11) is 0. The van der Waals surface area contributed by atoms with Gasteiger partial charge in [-0.1, -0.05) is 39.0 Å². The van der Waals surface area contributed by atoms with E-state index in [1.807, 2.05) is 6.92 Å². The molecule has 4 heteroatoms. The monoisotopic (exact) mass is 441 g/mol. The quantitative estimate of drug-likeness (QED) is 0.324. The first-order chi connectivity index (χ1) is 15.3. The lowest BCUT2D eigenvalue weighted by Crippen LogP contribution is -2.30. The summed E-state index contributed by atoms with van der Waals surface area (Å²) in [5.74, 6) is 1.76. The second-order valence-corrected chi connectivity index (χ2v) is 10.5.